The molecule has 7 heavy (non-hydrogen) atoms. The van der Waals surface area contributed by atoms with Gasteiger partial charge in [0.25, 0.3) is 5.92 Å². The molecule has 1 aliphatic carbocycles. The monoisotopic (exact) mass is 170 g/mol. The van der Waals surface area contributed by atoms with Crippen LogP contribution in [0.3, 0.4) is 0 Å². The summed E-state index contributed by atoms with van der Waals surface area (Å²) in [5.74, 6) is -2.87. The van der Waals surface area contributed by atoms with Crippen molar-refractivity contribution in [3.8, 4) is 0 Å². The molecular formula is C4H5BrF2. The van der Waals surface area contributed by atoms with E-state index in [4.69, 9.17) is 0 Å². The number of hydrogen-bond donors (Lipinski definition) is 0. The zero-order valence-corrected chi connectivity index (χ0v) is 5.37. The Morgan fingerprint density at radius 1 is 1.57 bits per heavy atom. The van der Waals surface area contributed by atoms with Crippen LogP contribution in [0, 0.1) is 5.92 Å². The van der Waals surface area contributed by atoms with E-state index < -0.39 is 16.7 Å². The molecule has 1 saturated carbocycles. The maximum Gasteiger partial charge on any atom is 0.264 e. The minimum atomic E-state index is -2.42. The average Bonchev–Trinajstić information content (AvgIpc) is 1.91. The quantitative estimate of drug-likeness (QED) is 0.489. The molecule has 0 N–H and O–H groups in total. The summed E-state index contributed by atoms with van der Waals surface area (Å²) in [6, 6.07) is 0. The molecule has 0 aromatic carbocycles. The first-order chi connectivity index (χ1) is 3.07. The Kier molecular flexibility index (Phi) is 0.929. The second kappa shape index (κ2) is 1.19. The Morgan fingerprint density at radius 2 is 1.71 bits per heavy atom. The molecule has 0 spiro atoms. The predicted molar refractivity (Wildman–Crippen MR) is 26.8 cm³/mol. The summed E-state index contributed by atoms with van der Waals surface area (Å²) in [5.41, 5.74) is 0. The Bertz CT molecular complexity index is 81.7. The van der Waals surface area contributed by atoms with E-state index in [0.29, 0.717) is 0 Å². The third kappa shape index (κ3) is 0.581. The molecule has 0 radical (unpaired) electrons. The minimum absolute atomic E-state index is 0.451. The highest BCUT2D eigenvalue weighted by Crippen LogP contribution is 2.53. The molecule has 0 amide bonds. The topological polar surface area (TPSA) is 0 Å². The maximum absolute atomic E-state index is 11.9. The second-order valence-electron chi connectivity index (χ2n) is 1.86. The molecule has 0 aliphatic heterocycles. The Hall–Kier alpha value is 0.340. The first kappa shape index (κ1) is 5.48. The van der Waals surface area contributed by atoms with Gasteiger partial charge < -0.3 is 0 Å². The molecule has 0 aromatic heterocycles. The van der Waals surface area contributed by atoms with E-state index in [9.17, 15) is 8.78 Å². The van der Waals surface area contributed by atoms with Crippen molar-refractivity contribution in [2.75, 3.05) is 0 Å². The van der Waals surface area contributed by atoms with Crippen molar-refractivity contribution in [1.29, 1.82) is 0 Å². The highest BCUT2D eigenvalue weighted by atomic mass is 79.9. The van der Waals surface area contributed by atoms with Gasteiger partial charge in [-0.2, -0.15) is 0 Å². The molecular weight excluding hydrogens is 166 g/mol. The predicted octanol–water partition coefficient (Wildman–Crippen LogP) is 2.03. The highest BCUT2D eigenvalue weighted by Gasteiger charge is 2.64. The Morgan fingerprint density at radius 3 is 1.71 bits per heavy atom. The van der Waals surface area contributed by atoms with Crippen LogP contribution in [0.2, 0.25) is 0 Å². The van der Waals surface area contributed by atoms with Gasteiger partial charge in [-0.15, -0.1) is 0 Å². The van der Waals surface area contributed by atoms with Crippen LogP contribution in [0.15, 0.2) is 0 Å². The van der Waals surface area contributed by atoms with E-state index in [1.807, 2.05) is 0 Å². The van der Waals surface area contributed by atoms with E-state index in [-0.39, 0.29) is 0 Å². The van der Waals surface area contributed by atoms with Gasteiger partial charge in [0.2, 0.25) is 0 Å². The summed E-state index contributed by atoms with van der Waals surface area (Å²) in [7, 11) is 0. The molecule has 0 heterocycles. The van der Waals surface area contributed by atoms with Crippen LogP contribution in [-0.2, 0) is 0 Å². The number of hydrogen-bond acceptors (Lipinski definition) is 0. The first-order valence-corrected chi connectivity index (χ1v) is 3.00. The lowest BCUT2D eigenvalue weighted by Crippen LogP contribution is -1.91. The van der Waals surface area contributed by atoms with Crippen LogP contribution in [-0.4, -0.2) is 10.7 Å². The van der Waals surface area contributed by atoms with Gasteiger partial charge in [-0.1, -0.05) is 22.9 Å². The molecule has 2 atom stereocenters. The van der Waals surface area contributed by atoms with Crippen LogP contribution in [0.5, 0.6) is 0 Å². The van der Waals surface area contributed by atoms with E-state index in [0.717, 1.165) is 0 Å². The van der Waals surface area contributed by atoms with Crippen LogP contribution >= 0.6 is 15.9 Å². The van der Waals surface area contributed by atoms with E-state index in [2.05, 4.69) is 15.9 Å². The van der Waals surface area contributed by atoms with Crippen molar-refractivity contribution in [2.24, 2.45) is 5.92 Å². The SMILES string of the molecule is CC1C(Br)C1(F)F. The zero-order valence-electron chi connectivity index (χ0n) is 3.79. The smallest absolute Gasteiger partial charge is 0.205 e. The van der Waals surface area contributed by atoms with Gasteiger partial charge in [-0.3, -0.25) is 0 Å². The molecule has 0 bridgehead atoms. The van der Waals surface area contributed by atoms with Crippen molar-refractivity contribution in [3.63, 3.8) is 0 Å². The summed E-state index contributed by atoms with van der Waals surface area (Å²) in [5, 5.41) is 0. The van der Waals surface area contributed by atoms with Gasteiger partial charge >= 0.3 is 0 Å². The van der Waals surface area contributed by atoms with Crippen LogP contribution in [0.25, 0.3) is 0 Å². The highest BCUT2D eigenvalue weighted by molar-refractivity contribution is 9.09. The summed E-state index contributed by atoms with van der Waals surface area (Å²) in [4.78, 5) is -0.556. The third-order valence-corrected chi connectivity index (χ3v) is 2.71. The van der Waals surface area contributed by atoms with Crippen LogP contribution in [0.4, 0.5) is 8.78 Å². The number of rotatable bonds is 0. The summed E-state index contributed by atoms with van der Waals surface area (Å²) in [6.45, 7) is 1.53. The van der Waals surface area contributed by atoms with Crippen molar-refractivity contribution in [1.82, 2.24) is 0 Å². The van der Waals surface area contributed by atoms with Gasteiger partial charge in [-0.25, -0.2) is 8.78 Å². The van der Waals surface area contributed by atoms with Crippen molar-refractivity contribution >= 4 is 15.9 Å². The van der Waals surface area contributed by atoms with Crippen LogP contribution < -0.4 is 0 Å². The van der Waals surface area contributed by atoms with Gasteiger partial charge in [0.05, 0.1) is 4.83 Å². The van der Waals surface area contributed by atoms with Gasteiger partial charge in [0.1, 0.15) is 0 Å². The summed E-state index contributed by atoms with van der Waals surface area (Å²) in [6.07, 6.45) is 0. The molecule has 2 unspecified atom stereocenters. The second-order valence-corrected chi connectivity index (χ2v) is 2.85. The Balaban J connectivity index is 2.52. The first-order valence-electron chi connectivity index (χ1n) is 2.08. The average molecular weight is 171 g/mol. The standard InChI is InChI=1S/C4H5BrF2/c1-2-3(5)4(2,6)7/h2-3H,1H3. The number of halogens is 3. The fourth-order valence-electron chi connectivity index (χ4n) is 0.432. The largest absolute Gasteiger partial charge is 0.264 e. The van der Waals surface area contributed by atoms with Gasteiger partial charge in [0, 0.05) is 5.92 Å². The molecule has 0 aromatic rings. The molecule has 1 fully saturated rings. The molecule has 1 aliphatic rings. The molecule has 42 valence electrons. The third-order valence-electron chi connectivity index (χ3n) is 1.30. The number of alkyl halides is 3. The molecule has 3 heteroatoms. The molecule has 0 saturated heterocycles. The Labute approximate surface area is 49.0 Å². The maximum atomic E-state index is 11.9. The van der Waals surface area contributed by atoms with Crippen molar-refractivity contribution in [3.05, 3.63) is 0 Å². The normalized spacial score (nSPS) is 46.3. The van der Waals surface area contributed by atoms with Gasteiger partial charge in [0.15, 0.2) is 0 Å². The fourth-order valence-corrected chi connectivity index (χ4v) is 1.05. The lowest BCUT2D eigenvalue weighted by atomic mass is 10.5. The van der Waals surface area contributed by atoms with Crippen LogP contribution in [0.1, 0.15) is 6.92 Å². The lowest BCUT2D eigenvalue weighted by molar-refractivity contribution is 0.105. The summed E-state index contributed by atoms with van der Waals surface area (Å²) >= 11 is 2.82. The van der Waals surface area contributed by atoms with Gasteiger partial charge in [-0.05, 0) is 0 Å². The minimum Gasteiger partial charge on any atom is -0.205 e. The lowest BCUT2D eigenvalue weighted by Gasteiger charge is -1.83. The van der Waals surface area contributed by atoms with E-state index >= 15 is 0 Å². The summed E-state index contributed by atoms with van der Waals surface area (Å²) < 4.78 is 23.7. The van der Waals surface area contributed by atoms with E-state index in [1.165, 1.54) is 6.92 Å². The fraction of sp³-hybridized carbons (Fsp3) is 1.00. The molecule has 0 nitrogen and oxygen atoms in total. The van der Waals surface area contributed by atoms with Crippen molar-refractivity contribution in [2.45, 2.75) is 17.7 Å². The van der Waals surface area contributed by atoms with E-state index in [1.54, 1.807) is 0 Å². The zero-order chi connectivity index (χ0) is 5.65. The van der Waals surface area contributed by atoms with Crippen molar-refractivity contribution < 1.29 is 8.78 Å². The molecule has 1 rings (SSSR count).